The Kier molecular flexibility index (Phi) is 4.27. The van der Waals surface area contributed by atoms with Gasteiger partial charge in [0.05, 0.1) is 5.92 Å². The number of aliphatic carboxylic acids is 1. The van der Waals surface area contributed by atoms with Crippen LogP contribution in [0.1, 0.15) is 31.2 Å². The predicted octanol–water partition coefficient (Wildman–Crippen LogP) is 3.81. The van der Waals surface area contributed by atoms with E-state index in [1.54, 1.807) is 0 Å². The van der Waals surface area contributed by atoms with E-state index in [1.807, 2.05) is 6.07 Å². The van der Waals surface area contributed by atoms with Gasteiger partial charge in [-0.15, -0.1) is 0 Å². The van der Waals surface area contributed by atoms with E-state index in [0.29, 0.717) is 0 Å². The second kappa shape index (κ2) is 5.74. The Bertz CT molecular complexity index is 447. The summed E-state index contributed by atoms with van der Waals surface area (Å²) in [5, 5.41) is 12.6. The number of halogens is 1. The van der Waals surface area contributed by atoms with Crippen LogP contribution in [0.4, 0.5) is 5.69 Å². The van der Waals surface area contributed by atoms with E-state index in [-0.39, 0.29) is 12.0 Å². The lowest BCUT2D eigenvalue weighted by Gasteiger charge is -2.28. The Labute approximate surface area is 116 Å². The maximum absolute atomic E-state index is 11.0. The lowest BCUT2D eigenvalue weighted by Crippen LogP contribution is -2.31. The topological polar surface area (TPSA) is 49.3 Å². The summed E-state index contributed by atoms with van der Waals surface area (Å²) in [7, 11) is 0. The lowest BCUT2D eigenvalue weighted by atomic mass is 9.85. The van der Waals surface area contributed by atoms with Crippen LogP contribution in [0.2, 0.25) is 0 Å². The van der Waals surface area contributed by atoms with E-state index in [1.165, 1.54) is 5.56 Å². The average Bonchev–Trinajstić information content (AvgIpc) is 2.34. The van der Waals surface area contributed by atoms with Crippen LogP contribution in [-0.4, -0.2) is 17.1 Å². The zero-order chi connectivity index (χ0) is 13.1. The Hall–Kier alpha value is -1.03. The van der Waals surface area contributed by atoms with Gasteiger partial charge in [0.15, 0.2) is 0 Å². The summed E-state index contributed by atoms with van der Waals surface area (Å²) in [5.41, 5.74) is 2.29. The molecule has 0 saturated heterocycles. The fourth-order valence-electron chi connectivity index (χ4n) is 2.51. The molecule has 98 valence electrons. The maximum atomic E-state index is 11.0. The SMILES string of the molecule is Cc1ccc(Br)cc1NC1CCCC(C(=O)O)C1. The summed E-state index contributed by atoms with van der Waals surface area (Å²) in [6, 6.07) is 6.40. The van der Waals surface area contributed by atoms with Crippen LogP contribution in [0.25, 0.3) is 0 Å². The first kappa shape index (κ1) is 13.4. The molecule has 1 aliphatic rings. The molecular weight excluding hydrogens is 294 g/mol. The molecule has 2 rings (SSSR count). The van der Waals surface area contributed by atoms with E-state index >= 15 is 0 Å². The molecular formula is C14H18BrNO2. The maximum Gasteiger partial charge on any atom is 0.306 e. The molecule has 2 N–H and O–H groups in total. The molecule has 18 heavy (non-hydrogen) atoms. The molecule has 0 radical (unpaired) electrons. The predicted molar refractivity (Wildman–Crippen MR) is 75.9 cm³/mol. The number of benzene rings is 1. The van der Waals surface area contributed by atoms with Gasteiger partial charge >= 0.3 is 5.97 Å². The third-order valence-electron chi connectivity index (χ3n) is 3.58. The van der Waals surface area contributed by atoms with Gasteiger partial charge in [0.1, 0.15) is 0 Å². The molecule has 2 atom stereocenters. The molecule has 3 nitrogen and oxygen atoms in total. The number of nitrogens with one attached hydrogen (secondary N) is 1. The number of rotatable bonds is 3. The summed E-state index contributed by atoms with van der Waals surface area (Å²) in [6.45, 7) is 2.06. The van der Waals surface area contributed by atoms with Crippen molar-refractivity contribution in [2.24, 2.45) is 5.92 Å². The van der Waals surface area contributed by atoms with Gasteiger partial charge in [-0.05, 0) is 43.9 Å². The first-order chi connectivity index (χ1) is 8.56. The smallest absolute Gasteiger partial charge is 0.306 e. The van der Waals surface area contributed by atoms with Crippen molar-refractivity contribution in [1.82, 2.24) is 0 Å². The molecule has 0 bridgehead atoms. The van der Waals surface area contributed by atoms with Gasteiger partial charge in [0, 0.05) is 16.2 Å². The summed E-state index contributed by atoms with van der Waals surface area (Å²) >= 11 is 3.46. The van der Waals surface area contributed by atoms with Gasteiger partial charge in [0.25, 0.3) is 0 Å². The third-order valence-corrected chi connectivity index (χ3v) is 4.08. The highest BCUT2D eigenvalue weighted by Gasteiger charge is 2.26. The second-order valence-electron chi connectivity index (χ2n) is 5.00. The summed E-state index contributed by atoms with van der Waals surface area (Å²) in [4.78, 5) is 11.0. The Morgan fingerprint density at radius 2 is 2.22 bits per heavy atom. The van der Waals surface area contributed by atoms with Crippen LogP contribution in [0.3, 0.4) is 0 Å². The first-order valence-electron chi connectivity index (χ1n) is 6.32. The molecule has 1 fully saturated rings. The number of hydrogen-bond acceptors (Lipinski definition) is 2. The van der Waals surface area contributed by atoms with Gasteiger partial charge in [-0.3, -0.25) is 4.79 Å². The van der Waals surface area contributed by atoms with Gasteiger partial charge in [0.2, 0.25) is 0 Å². The molecule has 1 aromatic rings. The molecule has 0 aliphatic heterocycles. The van der Waals surface area contributed by atoms with Crippen molar-refractivity contribution in [3.63, 3.8) is 0 Å². The summed E-state index contributed by atoms with van der Waals surface area (Å²) < 4.78 is 1.04. The number of carboxylic acid groups (broad SMARTS) is 1. The Morgan fingerprint density at radius 3 is 2.94 bits per heavy atom. The van der Waals surface area contributed by atoms with Crippen molar-refractivity contribution in [2.45, 2.75) is 38.6 Å². The number of carboxylic acids is 1. The highest BCUT2D eigenvalue weighted by molar-refractivity contribution is 9.10. The number of aryl methyl sites for hydroxylation is 1. The molecule has 0 amide bonds. The first-order valence-corrected chi connectivity index (χ1v) is 7.11. The fourth-order valence-corrected chi connectivity index (χ4v) is 2.88. The Morgan fingerprint density at radius 1 is 1.44 bits per heavy atom. The number of hydrogen-bond donors (Lipinski definition) is 2. The monoisotopic (exact) mass is 311 g/mol. The van der Waals surface area contributed by atoms with E-state index in [4.69, 9.17) is 5.11 Å². The standard InChI is InChI=1S/C14H18BrNO2/c1-9-5-6-11(15)8-13(9)16-12-4-2-3-10(7-12)14(17)18/h5-6,8,10,12,16H,2-4,7H2,1H3,(H,17,18). The molecule has 4 heteroatoms. The quantitative estimate of drug-likeness (QED) is 0.892. The molecule has 1 saturated carbocycles. The molecule has 0 spiro atoms. The van der Waals surface area contributed by atoms with Gasteiger partial charge in [-0.1, -0.05) is 28.4 Å². The fraction of sp³-hybridized carbons (Fsp3) is 0.500. The lowest BCUT2D eigenvalue weighted by molar-refractivity contribution is -0.142. The molecule has 0 aromatic heterocycles. The van der Waals surface area contributed by atoms with Gasteiger partial charge in [-0.25, -0.2) is 0 Å². The molecule has 0 heterocycles. The largest absolute Gasteiger partial charge is 0.481 e. The molecule has 1 aliphatic carbocycles. The van der Waals surface area contributed by atoms with E-state index in [9.17, 15) is 4.79 Å². The van der Waals surface area contributed by atoms with E-state index < -0.39 is 5.97 Å². The van der Waals surface area contributed by atoms with E-state index in [2.05, 4.69) is 40.3 Å². The second-order valence-corrected chi connectivity index (χ2v) is 5.92. The van der Waals surface area contributed by atoms with E-state index in [0.717, 1.165) is 35.8 Å². The average molecular weight is 312 g/mol. The minimum Gasteiger partial charge on any atom is -0.481 e. The van der Waals surface area contributed by atoms with Crippen LogP contribution in [-0.2, 0) is 4.79 Å². The van der Waals surface area contributed by atoms with Crippen molar-refractivity contribution >= 4 is 27.6 Å². The van der Waals surface area contributed by atoms with Crippen molar-refractivity contribution in [2.75, 3.05) is 5.32 Å². The summed E-state index contributed by atoms with van der Waals surface area (Å²) in [5.74, 6) is -0.851. The highest BCUT2D eigenvalue weighted by atomic mass is 79.9. The normalized spacial score (nSPS) is 23.7. The van der Waals surface area contributed by atoms with Crippen LogP contribution in [0, 0.1) is 12.8 Å². The highest BCUT2D eigenvalue weighted by Crippen LogP contribution is 2.29. The van der Waals surface area contributed by atoms with Crippen molar-refractivity contribution < 1.29 is 9.90 Å². The van der Waals surface area contributed by atoms with Crippen molar-refractivity contribution in [3.05, 3.63) is 28.2 Å². The minimum atomic E-state index is -0.660. The van der Waals surface area contributed by atoms with Crippen LogP contribution >= 0.6 is 15.9 Å². The van der Waals surface area contributed by atoms with Gasteiger partial charge < -0.3 is 10.4 Å². The van der Waals surface area contributed by atoms with Gasteiger partial charge in [-0.2, -0.15) is 0 Å². The van der Waals surface area contributed by atoms with Crippen LogP contribution < -0.4 is 5.32 Å². The van der Waals surface area contributed by atoms with Crippen LogP contribution in [0.5, 0.6) is 0 Å². The van der Waals surface area contributed by atoms with Crippen molar-refractivity contribution in [3.8, 4) is 0 Å². The molecule has 2 unspecified atom stereocenters. The van der Waals surface area contributed by atoms with Crippen LogP contribution in [0.15, 0.2) is 22.7 Å². The third kappa shape index (κ3) is 3.25. The minimum absolute atomic E-state index is 0.191. The Balaban J connectivity index is 2.04. The summed E-state index contributed by atoms with van der Waals surface area (Å²) in [6.07, 6.45) is 3.57. The van der Waals surface area contributed by atoms with Crippen molar-refractivity contribution in [1.29, 1.82) is 0 Å². The molecule has 1 aromatic carbocycles. The zero-order valence-electron chi connectivity index (χ0n) is 10.4. The zero-order valence-corrected chi connectivity index (χ0v) is 12.0. The number of carbonyl (C=O) groups is 1. The number of anilines is 1.